The van der Waals surface area contributed by atoms with Crippen molar-refractivity contribution in [3.05, 3.63) is 59.0 Å². The number of likely N-dealkylation sites (tertiary alicyclic amines) is 1. The number of nitrogens with one attached hydrogen (secondary N) is 1. The Morgan fingerprint density at radius 1 is 1.33 bits per heavy atom. The van der Waals surface area contributed by atoms with Gasteiger partial charge in [0.2, 0.25) is 5.91 Å². The zero-order valence-electron chi connectivity index (χ0n) is 19.2. The number of carbonyl (C=O) groups is 2. The molecule has 1 fully saturated rings. The van der Waals surface area contributed by atoms with Crippen molar-refractivity contribution >= 4 is 17.7 Å². The zero-order valence-corrected chi connectivity index (χ0v) is 19.2. The van der Waals surface area contributed by atoms with Crippen LogP contribution < -0.4 is 5.32 Å². The summed E-state index contributed by atoms with van der Waals surface area (Å²) >= 11 is 0. The Morgan fingerprint density at radius 3 is 3.03 bits per heavy atom. The Labute approximate surface area is 194 Å². The summed E-state index contributed by atoms with van der Waals surface area (Å²) in [7, 11) is 0. The number of nitrogens with zero attached hydrogens (tertiary/aromatic N) is 2. The molecule has 0 bridgehead atoms. The van der Waals surface area contributed by atoms with Crippen molar-refractivity contribution in [3.63, 3.8) is 0 Å². The van der Waals surface area contributed by atoms with Crippen molar-refractivity contribution in [2.45, 2.75) is 57.9 Å². The maximum atomic E-state index is 13.9. The molecular weight excluding hydrogens is 421 g/mol. The SMILES string of the molecule is CCOC(=O)C[C@@H](c1cccc(F)c1)N1CC[C@H](CCCc2ccc3c(n2)NCCC3)C1=O. The average molecular weight is 454 g/mol. The van der Waals surface area contributed by atoms with Crippen molar-refractivity contribution in [2.24, 2.45) is 5.92 Å². The van der Waals surface area contributed by atoms with Crippen LogP contribution in [0.1, 0.15) is 61.9 Å². The minimum atomic E-state index is -0.509. The molecule has 1 aromatic carbocycles. The fraction of sp³-hybridized carbons (Fsp3) is 0.500. The average Bonchev–Trinajstić information content (AvgIpc) is 3.17. The molecule has 0 radical (unpaired) electrons. The van der Waals surface area contributed by atoms with Gasteiger partial charge in [0.05, 0.1) is 19.1 Å². The second kappa shape index (κ2) is 10.8. The summed E-state index contributed by atoms with van der Waals surface area (Å²) in [6.07, 6.45) is 5.46. The van der Waals surface area contributed by atoms with Gasteiger partial charge in [0.15, 0.2) is 0 Å². The summed E-state index contributed by atoms with van der Waals surface area (Å²) in [4.78, 5) is 31.9. The van der Waals surface area contributed by atoms with Crippen LogP contribution in [0.25, 0.3) is 0 Å². The Morgan fingerprint density at radius 2 is 2.21 bits per heavy atom. The largest absolute Gasteiger partial charge is 0.466 e. The number of halogens is 1. The molecule has 4 rings (SSSR count). The van der Waals surface area contributed by atoms with E-state index in [4.69, 9.17) is 9.72 Å². The van der Waals surface area contributed by atoms with E-state index in [2.05, 4.69) is 17.4 Å². The summed E-state index contributed by atoms with van der Waals surface area (Å²) in [5, 5.41) is 3.37. The molecule has 2 aliphatic rings. The monoisotopic (exact) mass is 453 g/mol. The highest BCUT2D eigenvalue weighted by Crippen LogP contribution is 2.34. The van der Waals surface area contributed by atoms with Crippen LogP contribution in [-0.4, -0.2) is 41.5 Å². The van der Waals surface area contributed by atoms with Gasteiger partial charge in [0, 0.05) is 24.7 Å². The van der Waals surface area contributed by atoms with E-state index in [-0.39, 0.29) is 36.6 Å². The highest BCUT2D eigenvalue weighted by Gasteiger charge is 2.37. The number of hydrogen-bond acceptors (Lipinski definition) is 5. The van der Waals surface area contributed by atoms with Gasteiger partial charge in [0.25, 0.3) is 0 Å². The lowest BCUT2D eigenvalue weighted by Crippen LogP contribution is -2.33. The highest BCUT2D eigenvalue weighted by molar-refractivity contribution is 5.82. The van der Waals surface area contributed by atoms with Gasteiger partial charge in [-0.1, -0.05) is 18.2 Å². The van der Waals surface area contributed by atoms with Crippen LogP contribution >= 0.6 is 0 Å². The first-order valence-corrected chi connectivity index (χ1v) is 12.0. The lowest BCUT2D eigenvalue weighted by molar-refractivity contribution is -0.145. The second-order valence-electron chi connectivity index (χ2n) is 8.83. The van der Waals surface area contributed by atoms with Crippen molar-refractivity contribution in [2.75, 3.05) is 25.0 Å². The van der Waals surface area contributed by atoms with Gasteiger partial charge >= 0.3 is 5.97 Å². The van der Waals surface area contributed by atoms with E-state index in [0.29, 0.717) is 12.1 Å². The Hall–Kier alpha value is -2.96. The van der Waals surface area contributed by atoms with Crippen molar-refractivity contribution in [3.8, 4) is 0 Å². The van der Waals surface area contributed by atoms with E-state index in [1.807, 2.05) is 0 Å². The van der Waals surface area contributed by atoms with Gasteiger partial charge < -0.3 is 15.0 Å². The zero-order chi connectivity index (χ0) is 23.2. The van der Waals surface area contributed by atoms with Crippen LogP contribution in [0.3, 0.4) is 0 Å². The minimum Gasteiger partial charge on any atom is -0.466 e. The Balaban J connectivity index is 1.38. The molecule has 0 saturated carbocycles. The molecular formula is C26H32FN3O3. The molecule has 1 saturated heterocycles. The van der Waals surface area contributed by atoms with Crippen LogP contribution in [0, 0.1) is 11.7 Å². The number of anilines is 1. The van der Waals surface area contributed by atoms with Crippen molar-refractivity contribution in [1.29, 1.82) is 0 Å². The van der Waals surface area contributed by atoms with Gasteiger partial charge in [-0.2, -0.15) is 0 Å². The first-order valence-electron chi connectivity index (χ1n) is 12.0. The molecule has 33 heavy (non-hydrogen) atoms. The molecule has 0 spiro atoms. The van der Waals surface area contributed by atoms with Crippen molar-refractivity contribution < 1.29 is 18.7 Å². The molecule has 3 heterocycles. The third kappa shape index (κ3) is 5.70. The number of rotatable bonds is 9. The molecule has 7 heteroatoms. The normalized spacial score (nSPS) is 18.5. The third-order valence-corrected chi connectivity index (χ3v) is 6.56. The third-order valence-electron chi connectivity index (χ3n) is 6.56. The predicted molar refractivity (Wildman–Crippen MR) is 124 cm³/mol. The number of amides is 1. The quantitative estimate of drug-likeness (QED) is 0.568. The lowest BCUT2D eigenvalue weighted by Gasteiger charge is -2.28. The number of aromatic nitrogens is 1. The van der Waals surface area contributed by atoms with Gasteiger partial charge in [-0.05, 0) is 74.8 Å². The summed E-state index contributed by atoms with van der Waals surface area (Å²) in [6, 6.07) is 9.89. The molecule has 6 nitrogen and oxygen atoms in total. The van der Waals surface area contributed by atoms with E-state index in [1.54, 1.807) is 24.0 Å². The fourth-order valence-corrected chi connectivity index (χ4v) is 4.88. The number of benzene rings is 1. The van der Waals surface area contributed by atoms with E-state index in [9.17, 15) is 14.0 Å². The first kappa shape index (κ1) is 23.2. The summed E-state index contributed by atoms with van der Waals surface area (Å²) < 4.78 is 19.0. The Kier molecular flexibility index (Phi) is 7.57. The summed E-state index contributed by atoms with van der Waals surface area (Å²) in [5.41, 5.74) is 2.95. The molecule has 176 valence electrons. The fourth-order valence-electron chi connectivity index (χ4n) is 4.88. The summed E-state index contributed by atoms with van der Waals surface area (Å²) in [6.45, 7) is 3.55. The molecule has 2 aliphatic heterocycles. The minimum absolute atomic E-state index is 0.0296. The maximum absolute atomic E-state index is 13.9. The molecule has 0 aliphatic carbocycles. The van der Waals surface area contributed by atoms with E-state index < -0.39 is 6.04 Å². The molecule has 1 aromatic heterocycles. The van der Waals surface area contributed by atoms with Gasteiger partial charge in [-0.15, -0.1) is 0 Å². The van der Waals surface area contributed by atoms with Gasteiger partial charge in [0.1, 0.15) is 11.6 Å². The number of carbonyl (C=O) groups excluding carboxylic acids is 2. The molecule has 2 aromatic rings. The first-order chi connectivity index (χ1) is 16.0. The number of hydrogen-bond donors (Lipinski definition) is 1. The van der Waals surface area contributed by atoms with E-state index in [1.165, 1.54) is 17.7 Å². The van der Waals surface area contributed by atoms with Crippen LogP contribution in [0.15, 0.2) is 36.4 Å². The number of ether oxygens (including phenoxy) is 1. The van der Waals surface area contributed by atoms with Crippen LogP contribution in [0.5, 0.6) is 0 Å². The number of fused-ring (bicyclic) bond motifs is 1. The van der Waals surface area contributed by atoms with Crippen LogP contribution in [-0.2, 0) is 27.2 Å². The lowest BCUT2D eigenvalue weighted by atomic mass is 9.98. The van der Waals surface area contributed by atoms with Crippen molar-refractivity contribution in [1.82, 2.24) is 9.88 Å². The number of pyridine rings is 1. The van der Waals surface area contributed by atoms with Gasteiger partial charge in [-0.3, -0.25) is 9.59 Å². The predicted octanol–water partition coefficient (Wildman–Crippen LogP) is 4.44. The Bertz CT molecular complexity index is 996. The second-order valence-corrected chi connectivity index (χ2v) is 8.83. The highest BCUT2D eigenvalue weighted by atomic mass is 19.1. The van der Waals surface area contributed by atoms with E-state index in [0.717, 1.165) is 56.6 Å². The van der Waals surface area contributed by atoms with E-state index >= 15 is 0 Å². The standard InChI is InChI=1S/C26H32FN3O3/c1-2-33-24(31)17-23(20-7-3-9-21(27)16-20)30-15-13-19(26(30)32)6-4-10-22-12-11-18-8-5-14-28-25(18)29-22/h3,7,9,11-12,16,19,23H,2,4-6,8,10,13-15,17H2,1H3,(H,28,29)/t19-,23-/m0/s1. The molecule has 0 unspecified atom stereocenters. The maximum Gasteiger partial charge on any atom is 0.308 e. The molecule has 1 amide bonds. The molecule has 2 atom stereocenters. The van der Waals surface area contributed by atoms with Gasteiger partial charge in [-0.25, -0.2) is 9.37 Å². The summed E-state index contributed by atoms with van der Waals surface area (Å²) in [5.74, 6) is 0.193. The smallest absolute Gasteiger partial charge is 0.308 e. The number of aryl methyl sites for hydroxylation is 2. The van der Waals surface area contributed by atoms with Crippen LogP contribution in [0.4, 0.5) is 10.2 Å². The number of esters is 1. The van der Waals surface area contributed by atoms with Crippen LogP contribution in [0.2, 0.25) is 0 Å². The topological polar surface area (TPSA) is 71.5 Å². The molecule has 1 N–H and O–H groups in total.